The van der Waals surface area contributed by atoms with Gasteiger partial charge in [0.2, 0.25) is 0 Å². The molecule has 2 rings (SSSR count). The van der Waals surface area contributed by atoms with Crippen LogP contribution in [0.4, 0.5) is 8.78 Å². The van der Waals surface area contributed by atoms with E-state index >= 15 is 0 Å². The summed E-state index contributed by atoms with van der Waals surface area (Å²) < 4.78 is 24.6. The second-order valence-corrected chi connectivity index (χ2v) is 3.28. The van der Waals surface area contributed by atoms with Gasteiger partial charge in [-0.15, -0.1) is 5.11 Å². The average molecular weight is 240 g/mol. The number of alkyl halides is 2. The number of rotatable bonds is 3. The third-order valence-corrected chi connectivity index (χ3v) is 2.29. The smallest absolute Gasteiger partial charge is 0.260 e. The average Bonchev–Trinajstić information content (AvgIpc) is 2.79. The number of aliphatic imine (C=N–C) groups is 1. The quantitative estimate of drug-likeness (QED) is 0.600. The molecule has 1 atom stereocenters. The molecule has 1 aromatic carbocycles. The van der Waals surface area contributed by atoms with Gasteiger partial charge < -0.3 is 0 Å². The van der Waals surface area contributed by atoms with Crippen LogP contribution in [0.2, 0.25) is 0 Å². The van der Waals surface area contributed by atoms with Gasteiger partial charge in [-0.1, -0.05) is 17.2 Å². The number of nitro groups is 1. The van der Waals surface area contributed by atoms with E-state index in [0.717, 1.165) is 18.5 Å². The molecule has 0 saturated carbocycles. The van der Waals surface area contributed by atoms with Crippen LogP contribution >= 0.6 is 0 Å². The number of azo groups is 1. The van der Waals surface area contributed by atoms with Crippen molar-refractivity contribution in [3.05, 3.63) is 45.5 Å². The number of halogens is 2. The van der Waals surface area contributed by atoms with Crippen LogP contribution in [0.25, 0.3) is 0 Å². The first-order chi connectivity index (χ1) is 8.06. The molecule has 6 nitrogen and oxygen atoms in total. The molecular weight excluding hydrogens is 234 g/mol. The summed E-state index contributed by atoms with van der Waals surface area (Å²) in [5.74, 6) is -2.03. The van der Waals surface area contributed by atoms with Crippen molar-refractivity contribution < 1.29 is 13.7 Å². The number of benzene rings is 1. The second-order valence-electron chi connectivity index (χ2n) is 3.28. The van der Waals surface area contributed by atoms with E-state index < -0.39 is 17.1 Å². The molecule has 17 heavy (non-hydrogen) atoms. The van der Waals surface area contributed by atoms with Gasteiger partial charge in [-0.25, -0.2) is 8.78 Å². The molecule has 0 aliphatic carbocycles. The largest absolute Gasteiger partial charge is 0.457 e. The molecule has 0 aromatic heterocycles. The first-order valence-electron chi connectivity index (χ1n) is 4.55. The Labute approximate surface area is 93.8 Å². The lowest BCUT2D eigenvalue weighted by atomic mass is 10.1. The second kappa shape index (κ2) is 3.96. The summed E-state index contributed by atoms with van der Waals surface area (Å²) in [6.45, 7) is 0. The summed E-state index contributed by atoms with van der Waals surface area (Å²) in [6.07, 6.45) is -1.66. The molecular formula is C9H6F2N4O2. The van der Waals surface area contributed by atoms with Crippen LogP contribution in [0.5, 0.6) is 0 Å². The van der Waals surface area contributed by atoms with Crippen molar-refractivity contribution in [3.8, 4) is 0 Å². The van der Waals surface area contributed by atoms with E-state index in [-0.39, 0.29) is 11.1 Å². The van der Waals surface area contributed by atoms with E-state index in [1.54, 1.807) is 0 Å². The van der Waals surface area contributed by atoms with Crippen molar-refractivity contribution in [2.75, 3.05) is 0 Å². The first kappa shape index (κ1) is 11.2. The fourth-order valence-electron chi connectivity index (χ4n) is 1.41. The molecule has 1 aromatic rings. The van der Waals surface area contributed by atoms with Gasteiger partial charge in [-0.05, 0) is 12.1 Å². The van der Waals surface area contributed by atoms with Crippen LogP contribution in [0.15, 0.2) is 39.5 Å². The molecule has 1 unspecified atom stereocenters. The molecule has 0 saturated heterocycles. The summed E-state index contributed by atoms with van der Waals surface area (Å²) in [6, 6.07) is 4.61. The van der Waals surface area contributed by atoms with Crippen molar-refractivity contribution in [2.45, 2.75) is 12.2 Å². The zero-order chi connectivity index (χ0) is 12.5. The molecule has 0 radical (unpaired) electrons. The van der Waals surface area contributed by atoms with Crippen LogP contribution in [0, 0.1) is 10.1 Å². The highest BCUT2D eigenvalue weighted by Gasteiger charge is 2.47. The fraction of sp³-hybridized carbons (Fsp3) is 0.222. The maximum absolute atomic E-state index is 12.3. The van der Waals surface area contributed by atoms with Gasteiger partial charge in [0, 0.05) is 5.56 Å². The van der Waals surface area contributed by atoms with E-state index in [9.17, 15) is 18.9 Å². The van der Waals surface area contributed by atoms with Crippen LogP contribution < -0.4 is 0 Å². The minimum absolute atomic E-state index is 0.0874. The minimum atomic E-state index is -2.62. The van der Waals surface area contributed by atoms with E-state index in [2.05, 4.69) is 15.2 Å². The Hall–Kier alpha value is -2.25. The Morgan fingerprint density at radius 2 is 1.94 bits per heavy atom. The van der Waals surface area contributed by atoms with E-state index in [0.29, 0.717) is 0 Å². The zero-order valence-corrected chi connectivity index (χ0v) is 8.33. The van der Waals surface area contributed by atoms with E-state index in [4.69, 9.17) is 0 Å². The molecule has 0 bridgehead atoms. The van der Waals surface area contributed by atoms with Crippen molar-refractivity contribution in [1.29, 1.82) is 0 Å². The van der Waals surface area contributed by atoms with Crippen LogP contribution in [-0.4, -0.2) is 11.3 Å². The van der Waals surface area contributed by atoms with Gasteiger partial charge in [0.1, 0.15) is 6.34 Å². The standard InChI is InChI=1S/C9H6F2N4O2/c10-8(11)6-1-3-7(4-2-6)9(15(16)17)12-5-13-14-9/h1-5,8H. The maximum Gasteiger partial charge on any atom is 0.457 e. The molecule has 1 aliphatic heterocycles. The summed E-state index contributed by atoms with van der Waals surface area (Å²) in [5, 5.41) is 17.7. The molecule has 0 amide bonds. The van der Waals surface area contributed by atoms with Crippen molar-refractivity contribution in [3.63, 3.8) is 0 Å². The third kappa shape index (κ3) is 1.77. The monoisotopic (exact) mass is 240 g/mol. The minimum Gasteiger partial charge on any atom is -0.260 e. The molecule has 0 fully saturated rings. The Balaban J connectivity index is 2.42. The highest BCUT2D eigenvalue weighted by molar-refractivity contribution is 5.57. The maximum atomic E-state index is 12.3. The lowest BCUT2D eigenvalue weighted by Gasteiger charge is -2.12. The molecule has 88 valence electrons. The molecule has 1 heterocycles. The predicted octanol–water partition coefficient (Wildman–Crippen LogP) is 2.51. The SMILES string of the molecule is O=[N+]([O-])C1(c2ccc(C(F)F)cc2)N=CN=N1. The highest BCUT2D eigenvalue weighted by atomic mass is 19.3. The van der Waals surface area contributed by atoms with Crippen LogP contribution in [-0.2, 0) is 5.79 Å². The molecule has 8 heteroatoms. The van der Waals surface area contributed by atoms with Crippen molar-refractivity contribution in [2.24, 2.45) is 15.2 Å². The molecule has 0 spiro atoms. The van der Waals surface area contributed by atoms with Gasteiger partial charge in [-0.2, -0.15) is 4.99 Å². The third-order valence-electron chi connectivity index (χ3n) is 2.29. The van der Waals surface area contributed by atoms with Crippen molar-refractivity contribution in [1.82, 2.24) is 0 Å². The van der Waals surface area contributed by atoms with Gasteiger partial charge in [0.15, 0.2) is 0 Å². The van der Waals surface area contributed by atoms with Crippen LogP contribution in [0.3, 0.4) is 0 Å². The normalized spacial score (nSPS) is 22.3. The number of hydrogen-bond donors (Lipinski definition) is 0. The number of nitrogens with zero attached hydrogens (tertiary/aromatic N) is 4. The van der Waals surface area contributed by atoms with Gasteiger partial charge in [-0.3, -0.25) is 10.1 Å². The lowest BCUT2D eigenvalue weighted by Crippen LogP contribution is -2.29. The lowest BCUT2D eigenvalue weighted by molar-refractivity contribution is -0.575. The first-order valence-corrected chi connectivity index (χ1v) is 4.55. The van der Waals surface area contributed by atoms with E-state index in [1.807, 2.05) is 0 Å². The Morgan fingerprint density at radius 1 is 1.29 bits per heavy atom. The predicted molar refractivity (Wildman–Crippen MR) is 53.4 cm³/mol. The fourth-order valence-corrected chi connectivity index (χ4v) is 1.41. The van der Waals surface area contributed by atoms with Crippen molar-refractivity contribution >= 4 is 6.34 Å². The number of hydrogen-bond acceptors (Lipinski definition) is 5. The Morgan fingerprint density at radius 3 is 2.35 bits per heavy atom. The van der Waals surface area contributed by atoms with Gasteiger partial charge in [0.05, 0.1) is 10.5 Å². The summed E-state index contributed by atoms with van der Waals surface area (Å²) in [4.78, 5) is 13.8. The Bertz CT molecular complexity index is 486. The van der Waals surface area contributed by atoms with Gasteiger partial charge in [0.25, 0.3) is 6.43 Å². The summed E-state index contributed by atoms with van der Waals surface area (Å²) in [7, 11) is 0. The molecule has 0 N–H and O–H groups in total. The van der Waals surface area contributed by atoms with E-state index in [1.165, 1.54) is 12.1 Å². The van der Waals surface area contributed by atoms with Gasteiger partial charge >= 0.3 is 5.79 Å². The Kier molecular flexibility index (Phi) is 2.62. The summed E-state index contributed by atoms with van der Waals surface area (Å²) in [5.41, 5.74) is -0.129. The zero-order valence-electron chi connectivity index (χ0n) is 8.33. The van der Waals surface area contributed by atoms with Crippen LogP contribution in [0.1, 0.15) is 17.6 Å². The molecule has 1 aliphatic rings. The topological polar surface area (TPSA) is 80.2 Å². The highest BCUT2D eigenvalue weighted by Crippen LogP contribution is 2.32. The summed E-state index contributed by atoms with van der Waals surface area (Å²) >= 11 is 0.